The number of fused-ring (bicyclic) bond motifs is 1. The van der Waals surface area contributed by atoms with Crippen LogP contribution in [0.1, 0.15) is 52.2 Å². The zero-order chi connectivity index (χ0) is 30.0. The molecule has 2 N–H and O–H groups in total. The van der Waals surface area contributed by atoms with Gasteiger partial charge < -0.3 is 5.32 Å². The van der Waals surface area contributed by atoms with Crippen LogP contribution in [0.25, 0.3) is 16.7 Å². The van der Waals surface area contributed by atoms with Crippen LogP contribution in [0.4, 0.5) is 13.2 Å². The van der Waals surface area contributed by atoms with Gasteiger partial charge in [-0.2, -0.15) is 13.2 Å². The van der Waals surface area contributed by atoms with Gasteiger partial charge in [-0.3, -0.25) is 23.6 Å². The normalized spacial score (nSPS) is 17.3. The lowest BCUT2D eigenvalue weighted by molar-refractivity contribution is -0.141. The van der Waals surface area contributed by atoms with Gasteiger partial charge in [0.1, 0.15) is 5.69 Å². The van der Waals surface area contributed by atoms with E-state index in [0.29, 0.717) is 43.4 Å². The Bertz CT molecular complexity index is 1680. The van der Waals surface area contributed by atoms with Crippen LogP contribution in [0.15, 0.2) is 59.7 Å². The van der Waals surface area contributed by atoms with Crippen LogP contribution < -0.4 is 16.5 Å². The number of aromatic nitrogens is 4. The predicted octanol–water partition coefficient (Wildman–Crippen LogP) is 4.53. The van der Waals surface area contributed by atoms with Crippen molar-refractivity contribution in [2.45, 2.75) is 44.4 Å². The highest BCUT2D eigenvalue weighted by Gasteiger charge is 2.38. The monoisotopic (exact) mass is 602 g/mol. The highest BCUT2D eigenvalue weighted by Crippen LogP contribution is 2.32. The Morgan fingerprint density at radius 1 is 1.02 bits per heavy atom. The van der Waals surface area contributed by atoms with Crippen LogP contribution in [0.5, 0.6) is 0 Å². The van der Waals surface area contributed by atoms with E-state index in [0.717, 1.165) is 17.8 Å². The quantitative estimate of drug-likeness (QED) is 0.300. The maximum absolute atomic E-state index is 13.6. The lowest BCUT2D eigenvalue weighted by Crippen LogP contribution is -2.39. The van der Waals surface area contributed by atoms with E-state index < -0.39 is 29.2 Å². The molecule has 42 heavy (non-hydrogen) atoms. The molecule has 2 amide bonds. The number of pyridine rings is 2. The van der Waals surface area contributed by atoms with E-state index in [1.165, 1.54) is 23.9 Å². The highest BCUT2D eigenvalue weighted by atomic mass is 35.5. The summed E-state index contributed by atoms with van der Waals surface area (Å²) >= 11 is 5.81. The molecular weight excluding hydrogens is 577 g/mol. The molecule has 1 aliphatic carbocycles. The van der Waals surface area contributed by atoms with Crippen LogP contribution in [-0.4, -0.2) is 44.1 Å². The number of alkyl halides is 3. The Kier molecular flexibility index (Phi) is 8.32. The molecule has 0 saturated heterocycles. The molecule has 1 aromatic carbocycles. The number of hydroxylamine groups is 1. The number of nitrogens with one attached hydrogen (secondary N) is 2. The molecule has 0 atom stereocenters. The molecule has 3 aromatic heterocycles. The molecule has 10 nitrogen and oxygen atoms in total. The van der Waals surface area contributed by atoms with E-state index in [1.54, 1.807) is 10.6 Å². The molecular formula is C28H26ClF3N6O4. The summed E-state index contributed by atoms with van der Waals surface area (Å²) < 4.78 is 43.3. The maximum atomic E-state index is 13.6. The summed E-state index contributed by atoms with van der Waals surface area (Å²) in [6.45, 7) is 0.422. The van der Waals surface area contributed by atoms with E-state index in [1.807, 2.05) is 24.3 Å². The molecule has 0 radical (unpaired) electrons. The predicted molar refractivity (Wildman–Crippen MR) is 147 cm³/mol. The molecule has 1 fully saturated rings. The molecule has 1 saturated carbocycles. The third-order valence-corrected chi connectivity index (χ3v) is 7.47. The van der Waals surface area contributed by atoms with E-state index in [-0.39, 0.29) is 28.4 Å². The van der Waals surface area contributed by atoms with E-state index in [2.05, 4.69) is 25.6 Å². The number of carbonyl (C=O) groups excluding carboxylic acids is 2. The van der Waals surface area contributed by atoms with Crippen molar-refractivity contribution in [3.8, 4) is 5.69 Å². The second-order valence-corrected chi connectivity index (χ2v) is 10.4. The Hall–Kier alpha value is -4.23. The van der Waals surface area contributed by atoms with Crippen molar-refractivity contribution in [1.82, 2.24) is 29.9 Å². The fourth-order valence-corrected chi connectivity index (χ4v) is 5.44. The van der Waals surface area contributed by atoms with Crippen molar-refractivity contribution in [3.05, 3.63) is 87.3 Å². The molecule has 4 aromatic rings. The standard InChI is InChI=1S/C28H26ClF3N6O4/c1-42-36-26(40)21-11-10-19(14-33-21)38-23-5-3-2-4-22(23)37(27(38)41)15-16-6-8-18(9-7-16)35-25(39)20-12-17(29)13-34-24(20)28(30,31)32/h2-5,10-14,16,18H,6-9,15H2,1H3,(H,35,39)(H,36,40). The number of hydrogen-bond donors (Lipinski definition) is 2. The summed E-state index contributed by atoms with van der Waals surface area (Å²) in [5.41, 5.74) is 2.05. The minimum Gasteiger partial charge on any atom is -0.349 e. The molecule has 14 heteroatoms. The van der Waals surface area contributed by atoms with Gasteiger partial charge in [-0.25, -0.2) is 20.2 Å². The molecule has 0 spiro atoms. The van der Waals surface area contributed by atoms with Crippen LogP contribution >= 0.6 is 11.6 Å². The molecule has 1 aliphatic rings. The number of halogens is 4. The minimum absolute atomic E-state index is 0.0650. The molecule has 5 rings (SSSR count). The average molecular weight is 603 g/mol. The summed E-state index contributed by atoms with van der Waals surface area (Å²) in [7, 11) is 1.31. The van der Waals surface area contributed by atoms with Crippen LogP contribution in [0.2, 0.25) is 5.02 Å². The summed E-state index contributed by atoms with van der Waals surface area (Å²) in [4.78, 5) is 50.4. The van der Waals surface area contributed by atoms with Gasteiger partial charge in [0.15, 0.2) is 5.69 Å². The first-order chi connectivity index (χ1) is 20.1. The fraction of sp³-hybridized carbons (Fsp3) is 0.321. The lowest BCUT2D eigenvalue weighted by atomic mass is 9.85. The molecule has 220 valence electrons. The van der Waals surface area contributed by atoms with Crippen LogP contribution in [0, 0.1) is 5.92 Å². The zero-order valence-corrected chi connectivity index (χ0v) is 23.1. The smallest absolute Gasteiger partial charge is 0.349 e. The number of imidazole rings is 1. The Balaban J connectivity index is 1.30. The molecule has 0 aliphatic heterocycles. The third-order valence-electron chi connectivity index (χ3n) is 7.26. The van der Waals surface area contributed by atoms with Crippen molar-refractivity contribution in [2.24, 2.45) is 5.92 Å². The number of benzene rings is 1. The van der Waals surface area contributed by atoms with E-state index in [4.69, 9.17) is 11.6 Å². The number of amides is 2. The maximum Gasteiger partial charge on any atom is 0.434 e. The highest BCUT2D eigenvalue weighted by molar-refractivity contribution is 6.30. The second kappa shape index (κ2) is 11.9. The van der Waals surface area contributed by atoms with Gasteiger partial charge in [-0.15, -0.1) is 0 Å². The first kappa shape index (κ1) is 29.3. The SMILES string of the molecule is CONC(=O)c1ccc(-n2c(=O)n(CC3CCC(NC(=O)c4cc(Cl)cnc4C(F)(F)F)CC3)c3ccccc32)cn1. The first-order valence-electron chi connectivity index (χ1n) is 13.1. The third kappa shape index (κ3) is 6.02. The number of hydrogen-bond acceptors (Lipinski definition) is 6. The van der Waals surface area contributed by atoms with Gasteiger partial charge in [0, 0.05) is 18.8 Å². The Morgan fingerprint density at radius 3 is 2.38 bits per heavy atom. The van der Waals surface area contributed by atoms with Crippen molar-refractivity contribution < 1.29 is 27.6 Å². The van der Waals surface area contributed by atoms with Gasteiger partial charge >= 0.3 is 11.9 Å². The zero-order valence-electron chi connectivity index (χ0n) is 22.3. The minimum atomic E-state index is -4.79. The van der Waals surface area contributed by atoms with Crippen LogP contribution in [-0.2, 0) is 17.6 Å². The lowest BCUT2D eigenvalue weighted by Gasteiger charge is -2.29. The van der Waals surface area contributed by atoms with Gasteiger partial charge in [0.2, 0.25) is 0 Å². The van der Waals surface area contributed by atoms with Crippen molar-refractivity contribution >= 4 is 34.4 Å². The van der Waals surface area contributed by atoms with Crippen molar-refractivity contribution in [1.29, 1.82) is 0 Å². The van der Waals surface area contributed by atoms with Crippen LogP contribution in [0.3, 0.4) is 0 Å². The first-order valence-corrected chi connectivity index (χ1v) is 13.5. The Morgan fingerprint density at radius 2 is 1.74 bits per heavy atom. The largest absolute Gasteiger partial charge is 0.434 e. The Labute approximate surface area is 242 Å². The summed E-state index contributed by atoms with van der Waals surface area (Å²) in [5.74, 6) is -1.29. The van der Waals surface area contributed by atoms with E-state index in [9.17, 15) is 27.6 Å². The van der Waals surface area contributed by atoms with E-state index >= 15 is 0 Å². The topological polar surface area (TPSA) is 120 Å². The number of para-hydroxylation sites is 2. The van der Waals surface area contributed by atoms with Crippen molar-refractivity contribution in [3.63, 3.8) is 0 Å². The second-order valence-electron chi connectivity index (χ2n) is 9.99. The number of nitrogens with zero attached hydrogens (tertiary/aromatic N) is 4. The summed E-state index contributed by atoms with van der Waals surface area (Å²) in [5, 5.41) is 2.63. The average Bonchev–Trinajstić information content (AvgIpc) is 3.24. The molecule has 0 unspecified atom stereocenters. The van der Waals surface area contributed by atoms with Gasteiger partial charge in [0.05, 0.1) is 40.6 Å². The molecule has 0 bridgehead atoms. The fourth-order valence-electron chi connectivity index (χ4n) is 5.28. The molecule has 3 heterocycles. The number of rotatable bonds is 7. The van der Waals surface area contributed by atoms with Gasteiger partial charge in [-0.05, 0) is 61.9 Å². The van der Waals surface area contributed by atoms with Crippen molar-refractivity contribution in [2.75, 3.05) is 7.11 Å². The number of carbonyl (C=O) groups is 2. The summed E-state index contributed by atoms with van der Waals surface area (Å²) in [6.07, 6.45) is -0.113. The summed E-state index contributed by atoms with van der Waals surface area (Å²) in [6, 6.07) is 11.1. The van der Waals surface area contributed by atoms with Gasteiger partial charge in [-0.1, -0.05) is 23.7 Å². The van der Waals surface area contributed by atoms with Gasteiger partial charge in [0.25, 0.3) is 11.8 Å².